The largest absolute Gasteiger partial charge is 0.340 e. The summed E-state index contributed by atoms with van der Waals surface area (Å²) >= 11 is 0. The van der Waals surface area contributed by atoms with E-state index in [0.29, 0.717) is 12.3 Å². The molecule has 102 valence electrons. The first kappa shape index (κ1) is 12.6. The maximum Gasteiger partial charge on any atom is 0.222 e. The summed E-state index contributed by atoms with van der Waals surface area (Å²) in [7, 11) is 0. The molecule has 3 rings (SSSR count). The molecule has 2 aliphatic rings. The van der Waals surface area contributed by atoms with Crippen LogP contribution in [0.25, 0.3) is 0 Å². The van der Waals surface area contributed by atoms with Crippen LogP contribution in [-0.2, 0) is 24.3 Å². The van der Waals surface area contributed by atoms with Gasteiger partial charge in [0.1, 0.15) is 0 Å². The Kier molecular flexibility index (Phi) is 3.80. The molecule has 2 heterocycles. The predicted octanol–water partition coefficient (Wildman–Crippen LogP) is 0.654. The molecule has 4 heteroatoms. The fourth-order valence-electron chi connectivity index (χ4n) is 2.83. The normalized spacial score (nSPS) is 18.4. The minimum atomic E-state index is 0.292. The molecule has 0 spiro atoms. The third-order valence-corrected chi connectivity index (χ3v) is 4.00. The van der Waals surface area contributed by atoms with E-state index in [1.165, 1.54) is 16.7 Å². The van der Waals surface area contributed by atoms with Crippen molar-refractivity contribution >= 4 is 5.91 Å². The fourth-order valence-corrected chi connectivity index (χ4v) is 2.83. The Hall–Kier alpha value is -1.39. The monoisotopic (exact) mass is 259 g/mol. The van der Waals surface area contributed by atoms with Crippen LogP contribution >= 0.6 is 0 Å². The molecule has 0 radical (unpaired) electrons. The highest BCUT2D eigenvalue weighted by atomic mass is 16.2. The predicted molar refractivity (Wildman–Crippen MR) is 74.8 cm³/mol. The van der Waals surface area contributed by atoms with Crippen molar-refractivity contribution in [2.24, 2.45) is 0 Å². The minimum Gasteiger partial charge on any atom is -0.340 e. The number of nitrogens with one attached hydrogen (secondary N) is 2. The lowest BCUT2D eigenvalue weighted by Gasteiger charge is -2.27. The van der Waals surface area contributed by atoms with E-state index in [1.54, 1.807) is 0 Å². The second-order valence-corrected chi connectivity index (χ2v) is 5.34. The number of hydrogen-bond donors (Lipinski definition) is 2. The van der Waals surface area contributed by atoms with Gasteiger partial charge in [-0.05, 0) is 23.1 Å². The number of aryl methyl sites for hydroxylation is 1. The standard InChI is InChI=1S/C15H21N3O/c19-15(18-7-5-16-6-8-18)4-2-12-1-3-13-10-17-11-14(13)9-12/h1,3,9,16-17H,2,4-8,10-11H2. The quantitative estimate of drug-likeness (QED) is 0.838. The maximum atomic E-state index is 12.1. The average Bonchev–Trinajstić information content (AvgIpc) is 2.93. The van der Waals surface area contributed by atoms with Crippen molar-refractivity contribution in [3.8, 4) is 0 Å². The van der Waals surface area contributed by atoms with Gasteiger partial charge in [-0.1, -0.05) is 18.2 Å². The Morgan fingerprint density at radius 3 is 2.74 bits per heavy atom. The number of carbonyl (C=O) groups is 1. The summed E-state index contributed by atoms with van der Waals surface area (Å²) in [4.78, 5) is 14.1. The van der Waals surface area contributed by atoms with Crippen molar-refractivity contribution in [2.45, 2.75) is 25.9 Å². The molecule has 0 unspecified atom stereocenters. The van der Waals surface area contributed by atoms with Crippen LogP contribution in [0.1, 0.15) is 23.1 Å². The van der Waals surface area contributed by atoms with E-state index in [0.717, 1.165) is 45.7 Å². The number of nitrogens with zero attached hydrogens (tertiary/aromatic N) is 1. The van der Waals surface area contributed by atoms with Gasteiger partial charge in [-0.15, -0.1) is 0 Å². The van der Waals surface area contributed by atoms with Crippen molar-refractivity contribution in [2.75, 3.05) is 26.2 Å². The Labute approximate surface area is 114 Å². The second kappa shape index (κ2) is 5.72. The topological polar surface area (TPSA) is 44.4 Å². The van der Waals surface area contributed by atoms with Crippen LogP contribution in [0.2, 0.25) is 0 Å². The molecule has 2 aliphatic heterocycles. The summed E-state index contributed by atoms with van der Waals surface area (Å²) in [5, 5.41) is 6.62. The highest BCUT2D eigenvalue weighted by Gasteiger charge is 2.16. The van der Waals surface area contributed by atoms with Gasteiger partial charge >= 0.3 is 0 Å². The van der Waals surface area contributed by atoms with Gasteiger partial charge in [-0.3, -0.25) is 4.79 Å². The Bertz CT molecular complexity index is 466. The zero-order chi connectivity index (χ0) is 13.1. The Morgan fingerprint density at radius 1 is 1.11 bits per heavy atom. The van der Waals surface area contributed by atoms with Crippen molar-refractivity contribution < 1.29 is 4.79 Å². The molecule has 19 heavy (non-hydrogen) atoms. The van der Waals surface area contributed by atoms with Crippen LogP contribution in [0.3, 0.4) is 0 Å². The SMILES string of the molecule is O=C(CCc1ccc2c(c1)CNC2)N1CCNCC1. The first-order valence-electron chi connectivity index (χ1n) is 7.13. The van der Waals surface area contributed by atoms with Crippen molar-refractivity contribution in [3.05, 3.63) is 34.9 Å². The molecule has 1 aromatic carbocycles. The number of amides is 1. The smallest absolute Gasteiger partial charge is 0.222 e. The van der Waals surface area contributed by atoms with Gasteiger partial charge in [0.2, 0.25) is 5.91 Å². The molecule has 1 aromatic rings. The summed E-state index contributed by atoms with van der Waals surface area (Å²) in [5.74, 6) is 0.292. The lowest BCUT2D eigenvalue weighted by atomic mass is 10.0. The molecule has 0 saturated carbocycles. The molecule has 4 nitrogen and oxygen atoms in total. The minimum absolute atomic E-state index is 0.292. The van der Waals surface area contributed by atoms with Crippen LogP contribution in [0.15, 0.2) is 18.2 Å². The molecule has 0 atom stereocenters. The van der Waals surface area contributed by atoms with E-state index >= 15 is 0 Å². The summed E-state index contributed by atoms with van der Waals surface area (Å²) in [6.07, 6.45) is 1.49. The maximum absolute atomic E-state index is 12.1. The van der Waals surface area contributed by atoms with Gasteiger partial charge in [-0.2, -0.15) is 0 Å². The zero-order valence-corrected chi connectivity index (χ0v) is 11.2. The van der Waals surface area contributed by atoms with Gasteiger partial charge in [0.15, 0.2) is 0 Å². The lowest BCUT2D eigenvalue weighted by Crippen LogP contribution is -2.46. The highest BCUT2D eigenvalue weighted by molar-refractivity contribution is 5.76. The van der Waals surface area contributed by atoms with E-state index in [9.17, 15) is 4.79 Å². The zero-order valence-electron chi connectivity index (χ0n) is 11.2. The van der Waals surface area contributed by atoms with E-state index in [2.05, 4.69) is 28.8 Å². The highest BCUT2D eigenvalue weighted by Crippen LogP contribution is 2.18. The Morgan fingerprint density at radius 2 is 1.89 bits per heavy atom. The molecule has 2 N–H and O–H groups in total. The van der Waals surface area contributed by atoms with E-state index in [1.807, 2.05) is 4.90 Å². The summed E-state index contributed by atoms with van der Waals surface area (Å²) in [6.45, 7) is 5.51. The third-order valence-electron chi connectivity index (χ3n) is 4.00. The first-order valence-corrected chi connectivity index (χ1v) is 7.13. The number of piperazine rings is 1. The van der Waals surface area contributed by atoms with Crippen LogP contribution in [0.5, 0.6) is 0 Å². The number of benzene rings is 1. The van der Waals surface area contributed by atoms with Crippen LogP contribution in [0, 0.1) is 0 Å². The van der Waals surface area contributed by atoms with Crippen LogP contribution < -0.4 is 10.6 Å². The van der Waals surface area contributed by atoms with Gasteiger partial charge < -0.3 is 15.5 Å². The van der Waals surface area contributed by atoms with E-state index in [4.69, 9.17) is 0 Å². The molecule has 1 fully saturated rings. The average molecular weight is 259 g/mol. The molecular formula is C15H21N3O. The molecule has 0 bridgehead atoms. The molecule has 0 aliphatic carbocycles. The molecule has 0 aromatic heterocycles. The van der Waals surface area contributed by atoms with Crippen LogP contribution in [0.4, 0.5) is 0 Å². The van der Waals surface area contributed by atoms with Crippen molar-refractivity contribution in [1.29, 1.82) is 0 Å². The summed E-state index contributed by atoms with van der Waals surface area (Å²) in [6, 6.07) is 6.61. The van der Waals surface area contributed by atoms with E-state index in [-0.39, 0.29) is 0 Å². The number of hydrogen-bond acceptors (Lipinski definition) is 3. The summed E-state index contributed by atoms with van der Waals surface area (Å²) < 4.78 is 0. The number of fused-ring (bicyclic) bond motifs is 1. The lowest BCUT2D eigenvalue weighted by molar-refractivity contribution is -0.131. The third kappa shape index (κ3) is 2.96. The van der Waals surface area contributed by atoms with Gasteiger partial charge in [-0.25, -0.2) is 0 Å². The molecule has 1 amide bonds. The summed E-state index contributed by atoms with van der Waals surface area (Å²) in [5.41, 5.74) is 4.08. The van der Waals surface area contributed by atoms with E-state index < -0.39 is 0 Å². The second-order valence-electron chi connectivity index (χ2n) is 5.34. The fraction of sp³-hybridized carbons (Fsp3) is 0.533. The molecular weight excluding hydrogens is 238 g/mol. The van der Waals surface area contributed by atoms with Crippen LogP contribution in [-0.4, -0.2) is 37.0 Å². The van der Waals surface area contributed by atoms with Gasteiger partial charge in [0, 0.05) is 45.7 Å². The van der Waals surface area contributed by atoms with Gasteiger partial charge in [0.05, 0.1) is 0 Å². The van der Waals surface area contributed by atoms with Crippen molar-refractivity contribution in [1.82, 2.24) is 15.5 Å². The first-order chi connectivity index (χ1) is 9.33. The van der Waals surface area contributed by atoms with Gasteiger partial charge in [0.25, 0.3) is 0 Å². The Balaban J connectivity index is 1.55. The van der Waals surface area contributed by atoms with Crippen molar-refractivity contribution in [3.63, 3.8) is 0 Å². The number of carbonyl (C=O) groups excluding carboxylic acids is 1. The molecule has 1 saturated heterocycles. The number of rotatable bonds is 3.